The molecule has 0 aliphatic carbocycles. The van der Waals surface area contributed by atoms with Crippen molar-refractivity contribution in [2.24, 2.45) is 0 Å². The van der Waals surface area contributed by atoms with Gasteiger partial charge in [-0.15, -0.1) is 0 Å². The number of unbranched alkanes of at least 4 members (excludes halogenated alkanes) is 1. The average molecular weight is 340 g/mol. The van der Waals surface area contributed by atoms with E-state index in [-0.39, 0.29) is 5.56 Å². The van der Waals surface area contributed by atoms with Crippen LogP contribution < -0.4 is 5.56 Å². The van der Waals surface area contributed by atoms with Crippen LogP contribution >= 0.6 is 12.0 Å². The minimum Gasteiger partial charge on any atom is -0.456 e. The SMILES string of the molecule is CCOSC(=O)OCCCCc1c(C)nc2n(c1=O)CCCC2. The van der Waals surface area contributed by atoms with E-state index in [0.717, 1.165) is 67.8 Å². The minimum absolute atomic E-state index is 0.107. The molecular weight excluding hydrogens is 316 g/mol. The van der Waals surface area contributed by atoms with Gasteiger partial charge in [0.1, 0.15) is 17.9 Å². The van der Waals surface area contributed by atoms with E-state index in [9.17, 15) is 9.59 Å². The van der Waals surface area contributed by atoms with Gasteiger partial charge < -0.3 is 8.92 Å². The van der Waals surface area contributed by atoms with Gasteiger partial charge in [0.05, 0.1) is 13.2 Å². The first kappa shape index (κ1) is 18.0. The number of ether oxygens (including phenoxy) is 1. The van der Waals surface area contributed by atoms with E-state index in [2.05, 4.69) is 4.98 Å². The van der Waals surface area contributed by atoms with Crippen molar-refractivity contribution in [1.29, 1.82) is 0 Å². The van der Waals surface area contributed by atoms with E-state index in [0.29, 0.717) is 19.6 Å². The van der Waals surface area contributed by atoms with Gasteiger partial charge in [-0.25, -0.2) is 9.78 Å². The molecular formula is C16H24N2O4S. The summed E-state index contributed by atoms with van der Waals surface area (Å²) in [6.45, 7) is 5.31. The number of nitrogens with zero attached hydrogens (tertiary/aromatic N) is 2. The Morgan fingerprint density at radius 1 is 1.35 bits per heavy atom. The average Bonchev–Trinajstić information content (AvgIpc) is 2.55. The van der Waals surface area contributed by atoms with Gasteiger partial charge in [-0.05, 0) is 46.0 Å². The minimum atomic E-state index is -0.418. The molecule has 2 rings (SSSR count). The molecule has 7 heteroatoms. The molecule has 0 spiro atoms. The Kier molecular flexibility index (Phi) is 7.11. The van der Waals surface area contributed by atoms with Crippen LogP contribution in [0, 0.1) is 6.92 Å². The molecule has 0 N–H and O–H groups in total. The first-order valence-electron chi connectivity index (χ1n) is 8.19. The summed E-state index contributed by atoms with van der Waals surface area (Å²) in [6, 6.07) is 0. The van der Waals surface area contributed by atoms with Crippen molar-refractivity contribution in [1.82, 2.24) is 9.55 Å². The Labute approximate surface area is 140 Å². The summed E-state index contributed by atoms with van der Waals surface area (Å²) in [7, 11) is 0. The molecule has 0 unspecified atom stereocenters. The Hall–Kier alpha value is -1.34. The number of rotatable bonds is 7. The van der Waals surface area contributed by atoms with Crippen LogP contribution in [0.4, 0.5) is 4.79 Å². The second-order valence-electron chi connectivity index (χ2n) is 5.55. The standard InChI is InChI=1S/C16H24N2O4S/c1-3-22-23-16(20)21-11-7-5-8-13-12(2)17-14-9-4-6-10-18(14)15(13)19/h3-11H2,1-2H3. The number of aryl methyl sites for hydroxylation is 2. The summed E-state index contributed by atoms with van der Waals surface area (Å²) in [4.78, 5) is 28.4. The first-order valence-corrected chi connectivity index (χ1v) is 8.93. The second-order valence-corrected chi connectivity index (χ2v) is 6.29. The molecule has 0 aromatic carbocycles. The number of hydrogen-bond acceptors (Lipinski definition) is 6. The topological polar surface area (TPSA) is 70.4 Å². The van der Waals surface area contributed by atoms with Crippen molar-refractivity contribution in [2.75, 3.05) is 13.2 Å². The highest BCUT2D eigenvalue weighted by atomic mass is 32.2. The lowest BCUT2D eigenvalue weighted by atomic mass is 10.1. The van der Waals surface area contributed by atoms with Crippen LogP contribution in [0.1, 0.15) is 49.7 Å². The van der Waals surface area contributed by atoms with Crippen molar-refractivity contribution in [2.45, 2.75) is 58.9 Å². The maximum atomic E-state index is 12.5. The third kappa shape index (κ3) is 5.07. The quantitative estimate of drug-likeness (QED) is 0.432. The van der Waals surface area contributed by atoms with Gasteiger partial charge in [-0.2, -0.15) is 0 Å². The van der Waals surface area contributed by atoms with Crippen molar-refractivity contribution < 1.29 is 13.7 Å². The molecule has 1 aliphatic heterocycles. The molecule has 0 amide bonds. The largest absolute Gasteiger partial charge is 0.456 e. The molecule has 1 aromatic heterocycles. The number of carbonyl (C=O) groups is 1. The van der Waals surface area contributed by atoms with Crippen LogP contribution in [-0.2, 0) is 28.3 Å². The molecule has 1 aliphatic rings. The molecule has 0 saturated carbocycles. The van der Waals surface area contributed by atoms with Crippen molar-refractivity contribution in [3.8, 4) is 0 Å². The Morgan fingerprint density at radius 3 is 2.96 bits per heavy atom. The van der Waals surface area contributed by atoms with Gasteiger partial charge in [0.2, 0.25) is 0 Å². The number of aromatic nitrogens is 2. The van der Waals surface area contributed by atoms with E-state index < -0.39 is 5.30 Å². The van der Waals surface area contributed by atoms with E-state index >= 15 is 0 Å². The third-order valence-electron chi connectivity index (χ3n) is 3.87. The summed E-state index contributed by atoms with van der Waals surface area (Å²) >= 11 is 0.727. The van der Waals surface area contributed by atoms with Crippen molar-refractivity contribution in [3.05, 3.63) is 27.4 Å². The summed E-state index contributed by atoms with van der Waals surface area (Å²) in [5.41, 5.74) is 1.74. The van der Waals surface area contributed by atoms with Crippen LogP contribution in [-0.4, -0.2) is 28.1 Å². The van der Waals surface area contributed by atoms with E-state index in [4.69, 9.17) is 8.92 Å². The fraction of sp³-hybridized carbons (Fsp3) is 0.688. The molecule has 1 aromatic rings. The summed E-state index contributed by atoms with van der Waals surface area (Å²) < 4.78 is 11.8. The summed E-state index contributed by atoms with van der Waals surface area (Å²) in [5, 5.41) is -0.418. The predicted molar refractivity (Wildman–Crippen MR) is 89.7 cm³/mol. The van der Waals surface area contributed by atoms with Gasteiger partial charge in [0.25, 0.3) is 5.56 Å². The molecule has 0 bridgehead atoms. The van der Waals surface area contributed by atoms with Crippen LogP contribution in [0.25, 0.3) is 0 Å². The molecule has 0 saturated heterocycles. The van der Waals surface area contributed by atoms with Crippen molar-refractivity contribution in [3.63, 3.8) is 0 Å². The van der Waals surface area contributed by atoms with E-state index in [1.165, 1.54) is 0 Å². The van der Waals surface area contributed by atoms with E-state index in [1.807, 2.05) is 18.4 Å². The normalized spacial score (nSPS) is 13.7. The van der Waals surface area contributed by atoms with E-state index in [1.54, 1.807) is 0 Å². The highest BCUT2D eigenvalue weighted by Gasteiger charge is 2.16. The maximum absolute atomic E-state index is 12.5. The monoisotopic (exact) mass is 340 g/mol. The van der Waals surface area contributed by atoms with Gasteiger partial charge in [0.15, 0.2) is 0 Å². The van der Waals surface area contributed by atoms with Gasteiger partial charge >= 0.3 is 5.30 Å². The molecule has 6 nitrogen and oxygen atoms in total. The maximum Gasteiger partial charge on any atom is 0.394 e. The number of carbonyl (C=O) groups excluding carboxylic acids is 1. The van der Waals surface area contributed by atoms with Crippen LogP contribution in [0.15, 0.2) is 4.79 Å². The lowest BCUT2D eigenvalue weighted by Gasteiger charge is -2.19. The zero-order chi connectivity index (χ0) is 16.7. The summed E-state index contributed by atoms with van der Waals surface area (Å²) in [6.07, 6.45) is 5.24. The molecule has 0 atom stereocenters. The Balaban J connectivity index is 1.82. The molecule has 128 valence electrons. The molecule has 23 heavy (non-hydrogen) atoms. The smallest absolute Gasteiger partial charge is 0.394 e. The Morgan fingerprint density at radius 2 is 2.17 bits per heavy atom. The first-order chi connectivity index (χ1) is 11.1. The van der Waals surface area contributed by atoms with Crippen LogP contribution in [0.5, 0.6) is 0 Å². The number of fused-ring (bicyclic) bond motifs is 1. The summed E-state index contributed by atoms with van der Waals surface area (Å²) in [5.74, 6) is 0.921. The van der Waals surface area contributed by atoms with Gasteiger partial charge in [-0.1, -0.05) is 0 Å². The molecule has 0 radical (unpaired) electrons. The molecule has 0 fully saturated rings. The number of hydrogen-bond donors (Lipinski definition) is 0. The zero-order valence-electron chi connectivity index (χ0n) is 13.8. The lowest BCUT2D eigenvalue weighted by Crippen LogP contribution is -2.32. The zero-order valence-corrected chi connectivity index (χ0v) is 14.6. The fourth-order valence-electron chi connectivity index (χ4n) is 2.71. The Bertz CT molecular complexity index is 600. The van der Waals surface area contributed by atoms with Gasteiger partial charge in [0, 0.05) is 24.2 Å². The highest BCUT2D eigenvalue weighted by Crippen LogP contribution is 2.14. The van der Waals surface area contributed by atoms with Crippen molar-refractivity contribution >= 4 is 17.3 Å². The highest BCUT2D eigenvalue weighted by molar-refractivity contribution is 8.09. The lowest BCUT2D eigenvalue weighted by molar-refractivity contribution is 0.170. The molecule has 2 heterocycles. The van der Waals surface area contributed by atoms with Crippen LogP contribution in [0.3, 0.4) is 0 Å². The van der Waals surface area contributed by atoms with Crippen LogP contribution in [0.2, 0.25) is 0 Å². The third-order valence-corrected chi connectivity index (χ3v) is 4.47. The second kappa shape index (κ2) is 9.08. The van der Waals surface area contributed by atoms with Gasteiger partial charge in [-0.3, -0.25) is 9.36 Å². The predicted octanol–water partition coefficient (Wildman–Crippen LogP) is 3.03. The fourth-order valence-corrected chi connectivity index (χ4v) is 3.05.